The highest BCUT2D eigenvalue weighted by Crippen LogP contribution is 2.34. The summed E-state index contributed by atoms with van der Waals surface area (Å²) >= 11 is 0. The molecule has 1 aliphatic heterocycles. The molecule has 0 radical (unpaired) electrons. The highest BCUT2D eigenvalue weighted by molar-refractivity contribution is 5.97. The lowest BCUT2D eigenvalue weighted by atomic mass is 9.99. The van der Waals surface area contributed by atoms with Crippen molar-refractivity contribution < 1.29 is 28.2 Å². The van der Waals surface area contributed by atoms with E-state index in [-0.39, 0.29) is 30.1 Å². The standard InChI is InChI=1S/C17H16FNO5/c1-9-8-24-13(7-14(20)21)15(9)17(22)19-12-5-6-23-16-10(12)3-2-4-11(16)18/h2-4,8,12H,5-7H2,1H3,(H,19,22)(H,20,21)/t12-/m0/s1. The van der Waals surface area contributed by atoms with Gasteiger partial charge < -0.3 is 19.6 Å². The third kappa shape index (κ3) is 2.97. The van der Waals surface area contributed by atoms with E-state index < -0.39 is 23.7 Å². The molecule has 2 N–H and O–H groups in total. The van der Waals surface area contributed by atoms with Crippen LogP contribution in [0.15, 0.2) is 28.9 Å². The number of aliphatic carboxylic acids is 1. The molecule has 2 aromatic rings. The van der Waals surface area contributed by atoms with Crippen molar-refractivity contribution in [3.05, 3.63) is 52.7 Å². The number of nitrogens with one attached hydrogen (secondary N) is 1. The third-order valence-electron chi connectivity index (χ3n) is 3.92. The Hall–Kier alpha value is -2.83. The lowest BCUT2D eigenvalue weighted by molar-refractivity contribution is -0.136. The monoisotopic (exact) mass is 333 g/mol. The number of para-hydroxylation sites is 1. The number of carboxylic acids is 1. The zero-order valence-corrected chi connectivity index (χ0v) is 13.0. The number of rotatable bonds is 4. The molecule has 7 heteroatoms. The van der Waals surface area contributed by atoms with Crippen LogP contribution in [-0.4, -0.2) is 23.6 Å². The fourth-order valence-electron chi connectivity index (χ4n) is 2.84. The number of fused-ring (bicyclic) bond motifs is 1. The fourth-order valence-corrected chi connectivity index (χ4v) is 2.84. The molecule has 1 aromatic heterocycles. The maximum atomic E-state index is 13.8. The molecule has 126 valence electrons. The average Bonchev–Trinajstić information content (AvgIpc) is 2.88. The van der Waals surface area contributed by atoms with E-state index in [1.54, 1.807) is 19.1 Å². The Morgan fingerprint density at radius 1 is 1.42 bits per heavy atom. The molecule has 0 unspecified atom stereocenters. The molecule has 1 aliphatic rings. The van der Waals surface area contributed by atoms with E-state index in [2.05, 4.69) is 5.32 Å². The van der Waals surface area contributed by atoms with E-state index >= 15 is 0 Å². The largest absolute Gasteiger partial charge is 0.490 e. The van der Waals surface area contributed by atoms with Crippen LogP contribution in [0.5, 0.6) is 5.75 Å². The third-order valence-corrected chi connectivity index (χ3v) is 3.92. The Kier molecular flexibility index (Phi) is 4.24. The van der Waals surface area contributed by atoms with E-state index in [4.69, 9.17) is 14.3 Å². The van der Waals surface area contributed by atoms with Crippen LogP contribution in [0.4, 0.5) is 4.39 Å². The van der Waals surface area contributed by atoms with Gasteiger partial charge in [-0.15, -0.1) is 0 Å². The number of aryl methyl sites for hydroxylation is 1. The molecule has 24 heavy (non-hydrogen) atoms. The Morgan fingerprint density at radius 2 is 2.21 bits per heavy atom. The van der Waals surface area contributed by atoms with E-state index in [0.717, 1.165) is 0 Å². The molecule has 3 rings (SSSR count). The van der Waals surface area contributed by atoms with Crippen molar-refractivity contribution in [3.63, 3.8) is 0 Å². The second-order valence-electron chi connectivity index (χ2n) is 5.61. The second-order valence-corrected chi connectivity index (χ2v) is 5.61. The molecule has 0 saturated heterocycles. The molecule has 1 atom stereocenters. The van der Waals surface area contributed by atoms with Gasteiger partial charge in [0, 0.05) is 17.5 Å². The van der Waals surface area contributed by atoms with E-state index in [9.17, 15) is 14.0 Å². The van der Waals surface area contributed by atoms with Crippen molar-refractivity contribution in [2.75, 3.05) is 6.61 Å². The van der Waals surface area contributed by atoms with Gasteiger partial charge in [0.1, 0.15) is 12.2 Å². The Balaban J connectivity index is 1.86. The smallest absolute Gasteiger partial charge is 0.311 e. The molecule has 6 nitrogen and oxygen atoms in total. The predicted octanol–water partition coefficient (Wildman–Crippen LogP) is 2.61. The molecule has 0 saturated carbocycles. The van der Waals surface area contributed by atoms with E-state index in [1.165, 1.54) is 12.3 Å². The fraction of sp³-hybridized carbons (Fsp3) is 0.294. The molecule has 1 amide bonds. The summed E-state index contributed by atoms with van der Waals surface area (Å²) in [6.45, 7) is 1.95. The normalized spacial score (nSPS) is 16.2. The first-order valence-corrected chi connectivity index (χ1v) is 7.48. The van der Waals surface area contributed by atoms with Gasteiger partial charge in [-0.2, -0.15) is 0 Å². The van der Waals surface area contributed by atoms with Crippen LogP contribution < -0.4 is 10.1 Å². The van der Waals surface area contributed by atoms with Gasteiger partial charge in [-0.25, -0.2) is 4.39 Å². The van der Waals surface area contributed by atoms with Crippen molar-refractivity contribution >= 4 is 11.9 Å². The summed E-state index contributed by atoms with van der Waals surface area (Å²) in [6, 6.07) is 4.14. The number of amides is 1. The zero-order chi connectivity index (χ0) is 17.3. The number of hydrogen-bond donors (Lipinski definition) is 2. The minimum absolute atomic E-state index is 0.101. The SMILES string of the molecule is Cc1coc(CC(=O)O)c1C(=O)N[C@H]1CCOc2c(F)cccc21. The minimum atomic E-state index is -1.09. The number of carbonyl (C=O) groups is 2. The highest BCUT2D eigenvalue weighted by Gasteiger charge is 2.28. The van der Waals surface area contributed by atoms with Gasteiger partial charge in [0.05, 0.1) is 24.5 Å². The first-order valence-electron chi connectivity index (χ1n) is 7.48. The van der Waals surface area contributed by atoms with E-state index in [0.29, 0.717) is 17.5 Å². The summed E-state index contributed by atoms with van der Waals surface area (Å²) in [5.74, 6) is -1.76. The zero-order valence-electron chi connectivity index (χ0n) is 13.0. The van der Waals surface area contributed by atoms with Crippen molar-refractivity contribution in [2.24, 2.45) is 0 Å². The molecule has 0 fully saturated rings. The molecule has 0 bridgehead atoms. The van der Waals surface area contributed by atoms with Crippen LogP contribution in [-0.2, 0) is 11.2 Å². The van der Waals surface area contributed by atoms with Gasteiger partial charge in [0.25, 0.3) is 5.91 Å². The molecule has 2 heterocycles. The van der Waals surface area contributed by atoms with Crippen molar-refractivity contribution in [1.29, 1.82) is 0 Å². The number of halogens is 1. The highest BCUT2D eigenvalue weighted by atomic mass is 19.1. The lowest BCUT2D eigenvalue weighted by Gasteiger charge is -2.27. The maximum absolute atomic E-state index is 13.8. The van der Waals surface area contributed by atoms with E-state index in [1.807, 2.05) is 0 Å². The Labute approximate surface area is 137 Å². The maximum Gasteiger partial charge on any atom is 0.311 e. The Morgan fingerprint density at radius 3 is 2.96 bits per heavy atom. The molecule has 0 aliphatic carbocycles. The number of furan rings is 1. The number of ether oxygens (including phenoxy) is 1. The van der Waals surface area contributed by atoms with Crippen LogP contribution in [0.1, 0.15) is 39.7 Å². The number of carbonyl (C=O) groups excluding carboxylic acids is 1. The summed E-state index contributed by atoms with van der Waals surface area (Å²) in [7, 11) is 0. The summed E-state index contributed by atoms with van der Waals surface area (Å²) < 4.78 is 24.3. The average molecular weight is 333 g/mol. The molecule has 1 aromatic carbocycles. The van der Waals surface area contributed by atoms with Crippen LogP contribution in [0.3, 0.4) is 0 Å². The van der Waals surface area contributed by atoms with Crippen molar-refractivity contribution in [1.82, 2.24) is 5.32 Å². The molecule has 0 spiro atoms. The van der Waals surface area contributed by atoms with Gasteiger partial charge in [0.15, 0.2) is 11.6 Å². The summed E-state index contributed by atoms with van der Waals surface area (Å²) in [5.41, 5.74) is 1.33. The van der Waals surface area contributed by atoms with Crippen LogP contribution in [0.2, 0.25) is 0 Å². The van der Waals surface area contributed by atoms with Gasteiger partial charge in [-0.1, -0.05) is 12.1 Å². The summed E-state index contributed by atoms with van der Waals surface area (Å²) in [6.07, 6.45) is 1.47. The van der Waals surface area contributed by atoms with Crippen LogP contribution in [0, 0.1) is 12.7 Å². The van der Waals surface area contributed by atoms with Crippen molar-refractivity contribution in [2.45, 2.75) is 25.8 Å². The summed E-state index contributed by atoms with van der Waals surface area (Å²) in [5, 5.41) is 11.7. The second kappa shape index (κ2) is 6.35. The van der Waals surface area contributed by atoms with Gasteiger partial charge in [-0.3, -0.25) is 9.59 Å². The van der Waals surface area contributed by atoms with Gasteiger partial charge in [0.2, 0.25) is 0 Å². The first kappa shape index (κ1) is 16.0. The van der Waals surface area contributed by atoms with Crippen molar-refractivity contribution in [3.8, 4) is 5.75 Å². The number of carboxylic acid groups (broad SMARTS) is 1. The van der Waals surface area contributed by atoms with Gasteiger partial charge in [-0.05, 0) is 13.0 Å². The quantitative estimate of drug-likeness (QED) is 0.898. The van der Waals surface area contributed by atoms with Crippen LogP contribution >= 0.6 is 0 Å². The Bertz CT molecular complexity index is 798. The number of benzene rings is 1. The first-order chi connectivity index (χ1) is 11.5. The topological polar surface area (TPSA) is 88.8 Å². The molecular formula is C17H16FNO5. The lowest BCUT2D eigenvalue weighted by Crippen LogP contribution is -2.33. The minimum Gasteiger partial charge on any atom is -0.490 e. The predicted molar refractivity (Wildman–Crippen MR) is 81.5 cm³/mol. The van der Waals surface area contributed by atoms with Gasteiger partial charge >= 0.3 is 5.97 Å². The molecular weight excluding hydrogens is 317 g/mol. The summed E-state index contributed by atoms with van der Waals surface area (Å²) in [4.78, 5) is 23.5. The van der Waals surface area contributed by atoms with Crippen LogP contribution in [0.25, 0.3) is 0 Å². The number of hydrogen-bond acceptors (Lipinski definition) is 4.